The predicted octanol–water partition coefficient (Wildman–Crippen LogP) is 2.85. The molecular formula is C16H27NO3S2. The molecule has 0 fully saturated rings. The number of hydrogen-bond acceptors (Lipinski definition) is 3. The maximum absolute atomic E-state index is 12.4. The molecule has 0 saturated carbocycles. The fourth-order valence-corrected chi connectivity index (χ4v) is 4.41. The van der Waals surface area contributed by atoms with Gasteiger partial charge in [-0.15, -0.1) is 0 Å². The highest BCUT2D eigenvalue weighted by Gasteiger charge is 2.33. The second kappa shape index (κ2) is 7.23. The highest BCUT2D eigenvalue weighted by molar-refractivity contribution is 7.92. The molecule has 22 heavy (non-hydrogen) atoms. The molecule has 0 amide bonds. The van der Waals surface area contributed by atoms with Crippen LogP contribution in [-0.2, 0) is 20.8 Å². The van der Waals surface area contributed by atoms with Gasteiger partial charge >= 0.3 is 0 Å². The fraction of sp³-hybridized carbons (Fsp3) is 0.625. The lowest BCUT2D eigenvalue weighted by Crippen LogP contribution is -2.44. The molecule has 0 bridgehead atoms. The first-order valence-electron chi connectivity index (χ1n) is 7.41. The molecule has 0 aromatic heterocycles. The summed E-state index contributed by atoms with van der Waals surface area (Å²) in [5.74, 6) is 0.0395. The molecule has 0 spiro atoms. The molecule has 0 heterocycles. The zero-order valence-electron chi connectivity index (χ0n) is 14.2. The minimum atomic E-state index is -3.27. The highest BCUT2D eigenvalue weighted by Crippen LogP contribution is 2.20. The zero-order chi connectivity index (χ0) is 17.1. The standard InChI is InChI=1S/C16H27NO3S2/c1-12(2)15(11-22(19,20)16(4,5)6)17-21(18)14-9-7-13(3)8-10-14/h7-10,12,15,17H,11H2,1-6H3/t15-,21?/m0/s1. The second-order valence-electron chi connectivity index (χ2n) is 6.94. The molecule has 1 N–H and O–H groups in total. The number of benzene rings is 1. The van der Waals surface area contributed by atoms with E-state index in [-0.39, 0.29) is 17.7 Å². The van der Waals surface area contributed by atoms with Gasteiger partial charge in [0.1, 0.15) is 11.0 Å². The molecule has 4 nitrogen and oxygen atoms in total. The quantitative estimate of drug-likeness (QED) is 0.862. The van der Waals surface area contributed by atoms with E-state index in [1.54, 1.807) is 32.9 Å². The molecule has 1 aromatic carbocycles. The van der Waals surface area contributed by atoms with Gasteiger partial charge in [-0.1, -0.05) is 31.5 Å². The largest absolute Gasteiger partial charge is 0.237 e. The topological polar surface area (TPSA) is 63.2 Å². The lowest BCUT2D eigenvalue weighted by molar-refractivity contribution is 0.478. The Bertz CT molecular complexity index is 614. The molecule has 0 aliphatic heterocycles. The average Bonchev–Trinajstić information content (AvgIpc) is 2.36. The molecule has 2 atom stereocenters. The minimum absolute atomic E-state index is 0.0221. The molecular weight excluding hydrogens is 318 g/mol. The van der Waals surface area contributed by atoms with E-state index >= 15 is 0 Å². The van der Waals surface area contributed by atoms with Gasteiger partial charge in [0, 0.05) is 6.04 Å². The maximum Gasteiger partial charge on any atom is 0.156 e. The van der Waals surface area contributed by atoms with Gasteiger partial charge in [-0.25, -0.2) is 17.3 Å². The lowest BCUT2D eigenvalue weighted by atomic mass is 10.1. The van der Waals surface area contributed by atoms with Crippen molar-refractivity contribution in [2.24, 2.45) is 5.92 Å². The van der Waals surface area contributed by atoms with Crippen molar-refractivity contribution in [3.63, 3.8) is 0 Å². The van der Waals surface area contributed by atoms with Crippen LogP contribution >= 0.6 is 0 Å². The van der Waals surface area contributed by atoms with E-state index < -0.39 is 25.6 Å². The van der Waals surface area contributed by atoms with Crippen LogP contribution in [0.5, 0.6) is 0 Å². The van der Waals surface area contributed by atoms with E-state index in [4.69, 9.17) is 0 Å². The number of nitrogens with one attached hydrogen (secondary N) is 1. The van der Waals surface area contributed by atoms with Crippen LogP contribution in [0.1, 0.15) is 40.2 Å². The molecule has 126 valence electrons. The lowest BCUT2D eigenvalue weighted by Gasteiger charge is -2.26. The van der Waals surface area contributed by atoms with E-state index in [0.717, 1.165) is 5.56 Å². The van der Waals surface area contributed by atoms with E-state index in [1.165, 1.54) is 0 Å². The van der Waals surface area contributed by atoms with Crippen LogP contribution in [0.15, 0.2) is 29.2 Å². The normalized spacial score (nSPS) is 15.8. The maximum atomic E-state index is 12.4. The van der Waals surface area contributed by atoms with Gasteiger partial charge in [-0.3, -0.25) is 0 Å². The number of hydrogen-bond donors (Lipinski definition) is 1. The number of aryl methyl sites for hydroxylation is 1. The molecule has 0 radical (unpaired) electrons. The molecule has 0 saturated heterocycles. The Morgan fingerprint density at radius 2 is 1.64 bits per heavy atom. The molecule has 1 rings (SSSR count). The van der Waals surface area contributed by atoms with Crippen molar-refractivity contribution in [1.82, 2.24) is 4.72 Å². The van der Waals surface area contributed by atoms with Crippen LogP contribution in [0.25, 0.3) is 0 Å². The van der Waals surface area contributed by atoms with Crippen LogP contribution in [0.4, 0.5) is 0 Å². The third-order valence-corrected chi connectivity index (χ3v) is 7.51. The van der Waals surface area contributed by atoms with Crippen molar-refractivity contribution in [3.05, 3.63) is 29.8 Å². The third kappa shape index (κ3) is 5.18. The van der Waals surface area contributed by atoms with Crippen LogP contribution < -0.4 is 4.72 Å². The summed E-state index contributed by atoms with van der Waals surface area (Å²) in [5, 5.41) is 0. The van der Waals surface area contributed by atoms with Crippen molar-refractivity contribution in [2.75, 3.05) is 5.75 Å². The van der Waals surface area contributed by atoms with Gasteiger partial charge < -0.3 is 0 Å². The molecule has 6 heteroatoms. The van der Waals surface area contributed by atoms with Crippen LogP contribution in [0.3, 0.4) is 0 Å². The summed E-state index contributed by atoms with van der Waals surface area (Å²) in [7, 11) is -4.69. The van der Waals surface area contributed by atoms with Gasteiger partial charge in [0.2, 0.25) is 0 Å². The Balaban J connectivity index is 2.90. The molecule has 1 unspecified atom stereocenters. The van der Waals surface area contributed by atoms with Crippen molar-refractivity contribution in [2.45, 2.75) is 57.2 Å². The van der Waals surface area contributed by atoms with Crippen molar-refractivity contribution in [3.8, 4) is 0 Å². The second-order valence-corrected chi connectivity index (χ2v) is 11.0. The first kappa shape index (κ1) is 19.3. The fourth-order valence-electron chi connectivity index (χ4n) is 1.72. The SMILES string of the molecule is Cc1ccc(S(=O)N[C@@H](CS(=O)(=O)C(C)(C)C)C(C)C)cc1. The minimum Gasteiger partial charge on any atom is -0.237 e. The first-order valence-corrected chi connectivity index (χ1v) is 10.2. The van der Waals surface area contributed by atoms with E-state index in [1.807, 2.05) is 32.9 Å². The monoisotopic (exact) mass is 345 g/mol. The van der Waals surface area contributed by atoms with E-state index in [0.29, 0.717) is 4.90 Å². The van der Waals surface area contributed by atoms with Crippen molar-refractivity contribution in [1.29, 1.82) is 0 Å². The summed E-state index contributed by atoms with van der Waals surface area (Å²) in [6.07, 6.45) is 0. The van der Waals surface area contributed by atoms with Crippen LogP contribution in [0.2, 0.25) is 0 Å². The Hall–Kier alpha value is -0.720. The average molecular weight is 346 g/mol. The highest BCUT2D eigenvalue weighted by atomic mass is 32.2. The van der Waals surface area contributed by atoms with Gasteiger partial charge in [0.05, 0.1) is 15.4 Å². The first-order chi connectivity index (χ1) is 9.94. The van der Waals surface area contributed by atoms with Crippen LogP contribution in [0, 0.1) is 12.8 Å². The molecule has 0 aliphatic carbocycles. The molecule has 1 aromatic rings. The summed E-state index contributed by atoms with van der Waals surface area (Å²) in [6.45, 7) is 10.9. The molecule has 0 aliphatic rings. The number of sulfone groups is 1. The Labute approximate surface area is 137 Å². The summed E-state index contributed by atoms with van der Waals surface area (Å²) < 4.78 is 39.4. The van der Waals surface area contributed by atoms with Gasteiger partial charge in [-0.2, -0.15) is 0 Å². The van der Waals surface area contributed by atoms with Crippen molar-refractivity contribution >= 4 is 20.8 Å². The summed E-state index contributed by atoms with van der Waals surface area (Å²) in [6, 6.07) is 7.03. The summed E-state index contributed by atoms with van der Waals surface area (Å²) in [4.78, 5) is 0.657. The summed E-state index contributed by atoms with van der Waals surface area (Å²) in [5.41, 5.74) is 1.09. The van der Waals surface area contributed by atoms with Gasteiger partial charge in [0.15, 0.2) is 9.84 Å². The predicted molar refractivity (Wildman–Crippen MR) is 92.9 cm³/mol. The van der Waals surface area contributed by atoms with Gasteiger partial charge in [-0.05, 0) is 45.7 Å². The smallest absolute Gasteiger partial charge is 0.156 e. The number of rotatable bonds is 6. The summed E-state index contributed by atoms with van der Waals surface area (Å²) >= 11 is 0. The Kier molecular flexibility index (Phi) is 6.36. The van der Waals surface area contributed by atoms with Gasteiger partial charge in [0.25, 0.3) is 0 Å². The van der Waals surface area contributed by atoms with E-state index in [9.17, 15) is 12.6 Å². The Morgan fingerprint density at radius 3 is 2.05 bits per heavy atom. The van der Waals surface area contributed by atoms with E-state index in [2.05, 4.69) is 4.72 Å². The zero-order valence-corrected chi connectivity index (χ0v) is 15.8. The Morgan fingerprint density at radius 1 is 1.14 bits per heavy atom. The van der Waals surface area contributed by atoms with Crippen molar-refractivity contribution < 1.29 is 12.6 Å². The van der Waals surface area contributed by atoms with Crippen LogP contribution in [-0.4, -0.2) is 29.2 Å². The third-order valence-electron chi connectivity index (χ3n) is 3.63.